The molecule has 11 nitrogen and oxygen atoms in total. The summed E-state index contributed by atoms with van der Waals surface area (Å²) in [5.41, 5.74) is 3.85. The molecule has 1 unspecified atom stereocenters. The monoisotopic (exact) mass is 644 g/mol. The smallest absolute Gasteiger partial charge is 0.267 e. The van der Waals surface area contributed by atoms with Crippen LogP contribution < -0.4 is 14.2 Å². The van der Waals surface area contributed by atoms with E-state index < -0.39 is 15.4 Å². The molecule has 2 fully saturated rings. The average Bonchev–Trinajstić information content (AvgIpc) is 3.70. The third-order valence-electron chi connectivity index (χ3n) is 9.14. The summed E-state index contributed by atoms with van der Waals surface area (Å²) in [6.45, 7) is 4.94. The lowest BCUT2D eigenvalue weighted by atomic mass is 9.68. The minimum Gasteiger partial charge on any atom is -0.497 e. The highest BCUT2D eigenvalue weighted by atomic mass is 32.2. The molecule has 1 saturated carbocycles. The lowest BCUT2D eigenvalue weighted by molar-refractivity contribution is -0.138. The van der Waals surface area contributed by atoms with Gasteiger partial charge in [0, 0.05) is 37.8 Å². The van der Waals surface area contributed by atoms with E-state index in [0.29, 0.717) is 25.2 Å². The summed E-state index contributed by atoms with van der Waals surface area (Å²) in [5, 5.41) is 3.98. The summed E-state index contributed by atoms with van der Waals surface area (Å²) in [4.78, 5) is 25.2. The fourth-order valence-corrected chi connectivity index (χ4v) is 7.69. The Morgan fingerprint density at radius 2 is 1.74 bits per heavy atom. The number of aryl methyl sites for hydroxylation is 3. The number of methoxy groups -OCH3 is 1. The van der Waals surface area contributed by atoms with Gasteiger partial charge < -0.3 is 14.4 Å². The molecular formula is C34H40N6O5S. The minimum absolute atomic E-state index is 0.00278. The maximum absolute atomic E-state index is 14.3. The van der Waals surface area contributed by atoms with E-state index in [4.69, 9.17) is 9.47 Å². The summed E-state index contributed by atoms with van der Waals surface area (Å²) >= 11 is 0. The number of rotatable bonds is 9. The number of amides is 1. The summed E-state index contributed by atoms with van der Waals surface area (Å²) in [5.74, 6) is 1.03. The highest BCUT2D eigenvalue weighted by Crippen LogP contribution is 2.42. The molecule has 2 aromatic heterocycles. The number of nitrogens with zero attached hydrogens (tertiary/aromatic N) is 5. The lowest BCUT2D eigenvalue weighted by Crippen LogP contribution is -2.47. The fraction of sp³-hybridized carbons (Fsp3) is 0.412. The lowest BCUT2D eigenvalue weighted by Gasteiger charge is -2.39. The zero-order chi connectivity index (χ0) is 32.5. The highest BCUT2D eigenvalue weighted by Gasteiger charge is 2.45. The van der Waals surface area contributed by atoms with Gasteiger partial charge in [-0.25, -0.2) is 18.1 Å². The van der Waals surface area contributed by atoms with E-state index in [0.717, 1.165) is 60.1 Å². The molecule has 242 valence electrons. The van der Waals surface area contributed by atoms with Gasteiger partial charge in [0.25, 0.3) is 10.0 Å². The van der Waals surface area contributed by atoms with Crippen molar-refractivity contribution in [2.75, 3.05) is 24.9 Å². The van der Waals surface area contributed by atoms with Crippen molar-refractivity contribution in [3.63, 3.8) is 0 Å². The number of likely N-dealkylation sites (tertiary alicyclic amines) is 1. The predicted molar refractivity (Wildman–Crippen MR) is 174 cm³/mol. The number of carbonyl (C=O) groups excluding carboxylic acids is 1. The molecule has 3 heterocycles. The van der Waals surface area contributed by atoms with Gasteiger partial charge in [0.05, 0.1) is 31.0 Å². The van der Waals surface area contributed by atoms with Crippen molar-refractivity contribution in [2.45, 2.75) is 68.8 Å². The van der Waals surface area contributed by atoms with Crippen LogP contribution in [0.25, 0.3) is 11.3 Å². The summed E-state index contributed by atoms with van der Waals surface area (Å²) < 4.78 is 42.0. The van der Waals surface area contributed by atoms with E-state index in [2.05, 4.69) is 19.8 Å². The molecule has 2 aromatic carbocycles. The molecule has 1 amide bonds. The molecule has 1 saturated heterocycles. The van der Waals surface area contributed by atoms with Crippen LogP contribution in [0.3, 0.4) is 0 Å². The standard InChI is InChI=1S/C34H40N6O5S/c1-23-9-8-10-24(2)31(23)29-19-30(37-33(36-29)38-46(42,43)28-20-35-39(3)22-28)45-27-15-18-40(21-27)32(41)34(16-6-5-7-17-34)25-11-13-26(44-4)14-12-25/h8-14,19-20,22,27H,5-7,15-18,21H2,1-4H3,(H,36,37,38). The number of hydrogen-bond donors (Lipinski definition) is 1. The maximum Gasteiger partial charge on any atom is 0.267 e. The second-order valence-corrected chi connectivity index (χ2v) is 14.0. The number of ether oxygens (including phenoxy) is 2. The van der Waals surface area contributed by atoms with Crippen molar-refractivity contribution in [1.82, 2.24) is 24.6 Å². The molecule has 2 aliphatic rings. The van der Waals surface area contributed by atoms with Crippen LogP contribution in [0.5, 0.6) is 11.6 Å². The Morgan fingerprint density at radius 3 is 2.39 bits per heavy atom. The molecule has 12 heteroatoms. The number of aromatic nitrogens is 4. The predicted octanol–water partition coefficient (Wildman–Crippen LogP) is 5.19. The second-order valence-electron chi connectivity index (χ2n) is 12.3. The van der Waals surface area contributed by atoms with Gasteiger partial charge in [-0.05, 0) is 55.5 Å². The zero-order valence-corrected chi connectivity index (χ0v) is 27.5. The Hall–Kier alpha value is -4.45. The van der Waals surface area contributed by atoms with Gasteiger partial charge in [0.1, 0.15) is 16.7 Å². The Labute approximate surface area is 270 Å². The number of carbonyl (C=O) groups is 1. The fourth-order valence-electron chi connectivity index (χ4n) is 6.77. The molecule has 46 heavy (non-hydrogen) atoms. The van der Waals surface area contributed by atoms with Gasteiger partial charge >= 0.3 is 0 Å². The first-order chi connectivity index (χ1) is 22.1. The molecule has 4 aromatic rings. The molecule has 1 aliphatic carbocycles. The van der Waals surface area contributed by atoms with Crippen LogP contribution in [-0.2, 0) is 27.3 Å². The van der Waals surface area contributed by atoms with E-state index in [1.54, 1.807) is 20.2 Å². The minimum atomic E-state index is -4.00. The molecule has 0 radical (unpaired) electrons. The van der Waals surface area contributed by atoms with Crippen LogP contribution in [0.1, 0.15) is 55.2 Å². The Kier molecular flexibility index (Phi) is 8.73. The maximum atomic E-state index is 14.3. The number of nitrogens with one attached hydrogen (secondary N) is 1. The summed E-state index contributed by atoms with van der Waals surface area (Å²) in [6, 6.07) is 15.6. The number of hydrogen-bond acceptors (Lipinski definition) is 8. The van der Waals surface area contributed by atoms with Gasteiger partial charge in [-0.3, -0.25) is 9.48 Å². The third-order valence-corrected chi connectivity index (χ3v) is 10.4. The van der Waals surface area contributed by atoms with Crippen molar-refractivity contribution in [2.24, 2.45) is 7.05 Å². The molecule has 6 rings (SSSR count). The van der Waals surface area contributed by atoms with Gasteiger partial charge in [-0.1, -0.05) is 49.6 Å². The number of benzene rings is 2. The molecule has 1 N–H and O–H groups in total. The summed E-state index contributed by atoms with van der Waals surface area (Å²) in [7, 11) is -0.715. The molecule has 0 bridgehead atoms. The third kappa shape index (κ3) is 6.31. The molecular weight excluding hydrogens is 604 g/mol. The van der Waals surface area contributed by atoms with Gasteiger partial charge in [-0.15, -0.1) is 0 Å². The van der Waals surface area contributed by atoms with E-state index in [-0.39, 0.29) is 28.7 Å². The van der Waals surface area contributed by atoms with Crippen LogP contribution in [0.15, 0.2) is 65.8 Å². The van der Waals surface area contributed by atoms with Crippen LogP contribution in [-0.4, -0.2) is 65.3 Å². The highest BCUT2D eigenvalue weighted by molar-refractivity contribution is 7.92. The van der Waals surface area contributed by atoms with Crippen molar-refractivity contribution in [3.8, 4) is 22.9 Å². The number of sulfonamides is 1. The van der Waals surface area contributed by atoms with E-state index in [1.807, 2.05) is 61.2 Å². The number of anilines is 1. The van der Waals surface area contributed by atoms with E-state index in [1.165, 1.54) is 17.1 Å². The normalized spacial score (nSPS) is 17.9. The van der Waals surface area contributed by atoms with E-state index in [9.17, 15) is 13.2 Å². The van der Waals surface area contributed by atoms with Crippen molar-refractivity contribution >= 4 is 21.9 Å². The van der Waals surface area contributed by atoms with Crippen molar-refractivity contribution in [3.05, 3.63) is 77.6 Å². The average molecular weight is 645 g/mol. The SMILES string of the molecule is COc1ccc(C2(C(=O)N3CCC(Oc4cc(-c5c(C)cccc5C)nc(NS(=O)(=O)c5cnn(C)c5)n4)C3)CCCCC2)cc1. The Bertz CT molecular complexity index is 1810. The van der Waals surface area contributed by atoms with Crippen molar-refractivity contribution in [1.29, 1.82) is 0 Å². The van der Waals surface area contributed by atoms with Crippen LogP contribution in [0, 0.1) is 13.8 Å². The molecule has 0 spiro atoms. The quantitative estimate of drug-likeness (QED) is 0.264. The molecule has 1 atom stereocenters. The van der Waals surface area contributed by atoms with Crippen LogP contribution >= 0.6 is 0 Å². The first kappa shape index (κ1) is 31.5. The largest absolute Gasteiger partial charge is 0.497 e. The Balaban J connectivity index is 1.27. The Morgan fingerprint density at radius 1 is 1.02 bits per heavy atom. The van der Waals surface area contributed by atoms with Gasteiger partial charge in [-0.2, -0.15) is 10.1 Å². The summed E-state index contributed by atoms with van der Waals surface area (Å²) in [6.07, 6.45) is 7.75. The topological polar surface area (TPSA) is 129 Å². The van der Waals surface area contributed by atoms with Crippen LogP contribution in [0.2, 0.25) is 0 Å². The van der Waals surface area contributed by atoms with E-state index >= 15 is 0 Å². The van der Waals surface area contributed by atoms with Crippen LogP contribution in [0.4, 0.5) is 5.95 Å². The van der Waals surface area contributed by atoms with Gasteiger partial charge in [0.15, 0.2) is 0 Å². The van der Waals surface area contributed by atoms with Gasteiger partial charge in [0.2, 0.25) is 17.7 Å². The first-order valence-electron chi connectivity index (χ1n) is 15.7. The first-order valence-corrected chi connectivity index (χ1v) is 17.1. The zero-order valence-electron chi connectivity index (χ0n) is 26.7. The molecule has 1 aliphatic heterocycles. The van der Waals surface area contributed by atoms with Crippen molar-refractivity contribution < 1.29 is 22.7 Å². The second kappa shape index (κ2) is 12.7.